The normalized spacial score (nSPS) is 20.8. The minimum absolute atomic E-state index is 0.0845. The molecule has 6 nitrogen and oxygen atoms in total. The molecule has 7 heteroatoms. The minimum Gasteiger partial charge on any atom is -0.486 e. The molecule has 0 radical (unpaired) electrons. The van der Waals surface area contributed by atoms with E-state index >= 15 is 0 Å². The molecule has 0 bridgehead atoms. The van der Waals surface area contributed by atoms with Crippen LogP contribution in [0.4, 0.5) is 0 Å². The van der Waals surface area contributed by atoms with Gasteiger partial charge in [-0.05, 0) is 74.6 Å². The number of hydrogen-bond acceptors (Lipinski definition) is 5. The van der Waals surface area contributed by atoms with Gasteiger partial charge in [0.05, 0.1) is 5.75 Å². The SMILES string of the molecule is CCn1c(COc2ccc3c(c2)CCCC3)nnc1SCC(=O)N[C@@H]1CCCC[C@H]1C. The first-order valence-electron chi connectivity index (χ1n) is 11.7. The van der Waals surface area contributed by atoms with Crippen molar-refractivity contribution >= 4 is 17.7 Å². The van der Waals surface area contributed by atoms with E-state index in [1.165, 1.54) is 61.4 Å². The molecule has 0 aliphatic heterocycles. The van der Waals surface area contributed by atoms with Crippen molar-refractivity contribution in [3.63, 3.8) is 0 Å². The number of thioether (sulfide) groups is 1. The van der Waals surface area contributed by atoms with E-state index < -0.39 is 0 Å². The lowest BCUT2D eigenvalue weighted by Gasteiger charge is -2.29. The lowest BCUT2D eigenvalue weighted by molar-refractivity contribution is -0.119. The Kier molecular flexibility index (Phi) is 7.54. The van der Waals surface area contributed by atoms with Crippen LogP contribution in [0.2, 0.25) is 0 Å². The van der Waals surface area contributed by atoms with Crippen molar-refractivity contribution < 1.29 is 9.53 Å². The summed E-state index contributed by atoms with van der Waals surface area (Å²) in [4.78, 5) is 12.5. The van der Waals surface area contributed by atoms with Crippen LogP contribution in [0.15, 0.2) is 23.4 Å². The van der Waals surface area contributed by atoms with Crippen molar-refractivity contribution in [3.8, 4) is 5.75 Å². The monoisotopic (exact) mass is 442 g/mol. The maximum absolute atomic E-state index is 12.5. The van der Waals surface area contributed by atoms with Crippen molar-refractivity contribution in [2.45, 2.75) is 89.6 Å². The highest BCUT2D eigenvalue weighted by Crippen LogP contribution is 2.27. The van der Waals surface area contributed by atoms with E-state index in [2.05, 4.69) is 47.6 Å². The van der Waals surface area contributed by atoms with Crippen molar-refractivity contribution in [2.75, 3.05) is 5.75 Å². The summed E-state index contributed by atoms with van der Waals surface area (Å²) in [6.45, 7) is 5.44. The Balaban J connectivity index is 1.31. The third-order valence-electron chi connectivity index (χ3n) is 6.59. The summed E-state index contributed by atoms with van der Waals surface area (Å²) >= 11 is 1.45. The van der Waals surface area contributed by atoms with Crippen LogP contribution in [-0.2, 0) is 30.8 Å². The molecule has 168 valence electrons. The Hall–Kier alpha value is -2.02. The Morgan fingerprint density at radius 1 is 1.16 bits per heavy atom. The van der Waals surface area contributed by atoms with Gasteiger partial charge in [-0.2, -0.15) is 0 Å². The van der Waals surface area contributed by atoms with Gasteiger partial charge in [0.15, 0.2) is 11.0 Å². The van der Waals surface area contributed by atoms with E-state index in [1.807, 2.05) is 4.57 Å². The van der Waals surface area contributed by atoms with Gasteiger partial charge >= 0.3 is 0 Å². The van der Waals surface area contributed by atoms with Crippen LogP contribution in [0.1, 0.15) is 69.3 Å². The number of nitrogens with zero attached hydrogens (tertiary/aromatic N) is 3. The fourth-order valence-corrected chi connectivity index (χ4v) is 5.54. The number of benzene rings is 1. The summed E-state index contributed by atoms with van der Waals surface area (Å²) in [6.07, 6.45) is 9.63. The number of ether oxygens (including phenoxy) is 1. The van der Waals surface area contributed by atoms with Gasteiger partial charge in [0.2, 0.25) is 5.91 Å². The summed E-state index contributed by atoms with van der Waals surface area (Å²) in [7, 11) is 0. The zero-order valence-electron chi connectivity index (χ0n) is 18.7. The van der Waals surface area contributed by atoms with E-state index in [0.29, 0.717) is 24.3 Å². The average molecular weight is 443 g/mol. The van der Waals surface area contributed by atoms with Crippen molar-refractivity contribution in [2.24, 2.45) is 5.92 Å². The second-order valence-corrected chi connectivity index (χ2v) is 9.74. The van der Waals surface area contributed by atoms with Gasteiger partial charge < -0.3 is 14.6 Å². The number of aryl methyl sites for hydroxylation is 2. The average Bonchev–Trinajstić information content (AvgIpc) is 3.19. The first-order chi connectivity index (χ1) is 15.1. The highest BCUT2D eigenvalue weighted by Gasteiger charge is 2.23. The summed E-state index contributed by atoms with van der Waals surface area (Å²) in [6, 6.07) is 6.74. The first-order valence-corrected chi connectivity index (χ1v) is 12.7. The van der Waals surface area contributed by atoms with Crippen LogP contribution in [0, 0.1) is 5.92 Å². The zero-order valence-corrected chi connectivity index (χ0v) is 19.5. The second kappa shape index (κ2) is 10.5. The number of amides is 1. The molecular weight excluding hydrogens is 408 g/mol. The molecule has 1 amide bonds. The fourth-order valence-electron chi connectivity index (χ4n) is 4.71. The molecule has 0 unspecified atom stereocenters. The molecule has 0 saturated heterocycles. The van der Waals surface area contributed by atoms with E-state index in [4.69, 9.17) is 4.74 Å². The summed E-state index contributed by atoms with van der Waals surface area (Å²) in [5.41, 5.74) is 2.87. The molecule has 0 spiro atoms. The standard InChI is InChI=1S/C24H34N4O2S/c1-3-28-22(15-30-20-13-12-18-9-5-6-10-19(18)14-20)26-27-24(28)31-16-23(29)25-21-11-7-4-8-17(21)2/h12-14,17,21H,3-11,15-16H2,1-2H3,(H,25,29)/t17-,21-/m1/s1. The lowest BCUT2D eigenvalue weighted by atomic mass is 9.86. The van der Waals surface area contributed by atoms with Gasteiger partial charge in [0.1, 0.15) is 12.4 Å². The van der Waals surface area contributed by atoms with Crippen molar-refractivity contribution in [1.29, 1.82) is 0 Å². The van der Waals surface area contributed by atoms with E-state index in [0.717, 1.165) is 36.1 Å². The van der Waals surface area contributed by atoms with Crippen LogP contribution >= 0.6 is 11.8 Å². The Labute approximate surface area is 189 Å². The van der Waals surface area contributed by atoms with Gasteiger partial charge in [-0.15, -0.1) is 10.2 Å². The van der Waals surface area contributed by atoms with E-state index in [9.17, 15) is 4.79 Å². The minimum atomic E-state index is 0.0845. The van der Waals surface area contributed by atoms with Crippen LogP contribution in [-0.4, -0.2) is 32.5 Å². The molecule has 1 fully saturated rings. The lowest BCUT2D eigenvalue weighted by Crippen LogP contribution is -2.41. The molecule has 31 heavy (non-hydrogen) atoms. The number of carbonyl (C=O) groups excluding carboxylic acids is 1. The number of nitrogens with one attached hydrogen (secondary N) is 1. The van der Waals surface area contributed by atoms with Crippen LogP contribution in [0.5, 0.6) is 5.75 Å². The molecule has 2 aliphatic rings. The van der Waals surface area contributed by atoms with Crippen molar-refractivity contribution in [1.82, 2.24) is 20.1 Å². The predicted octanol–water partition coefficient (Wildman–Crippen LogP) is 4.54. The third-order valence-corrected chi connectivity index (χ3v) is 7.55. The highest BCUT2D eigenvalue weighted by atomic mass is 32.2. The smallest absolute Gasteiger partial charge is 0.230 e. The van der Waals surface area contributed by atoms with Gasteiger partial charge in [0.25, 0.3) is 0 Å². The first kappa shape index (κ1) is 22.2. The predicted molar refractivity (Wildman–Crippen MR) is 123 cm³/mol. The molecule has 1 saturated carbocycles. The van der Waals surface area contributed by atoms with Gasteiger partial charge in [0, 0.05) is 12.6 Å². The second-order valence-electron chi connectivity index (χ2n) is 8.79. The third kappa shape index (κ3) is 5.62. The Morgan fingerprint density at radius 2 is 1.97 bits per heavy atom. The van der Waals surface area contributed by atoms with Crippen LogP contribution < -0.4 is 10.1 Å². The molecule has 2 aromatic rings. The van der Waals surface area contributed by atoms with Gasteiger partial charge in [-0.3, -0.25) is 4.79 Å². The summed E-state index contributed by atoms with van der Waals surface area (Å²) < 4.78 is 8.08. The Morgan fingerprint density at radius 3 is 2.77 bits per heavy atom. The van der Waals surface area contributed by atoms with E-state index in [-0.39, 0.29) is 5.91 Å². The molecule has 2 atom stereocenters. The maximum Gasteiger partial charge on any atom is 0.230 e. The summed E-state index contributed by atoms with van der Waals surface area (Å²) in [5.74, 6) is 2.70. The molecule has 2 aliphatic carbocycles. The van der Waals surface area contributed by atoms with Gasteiger partial charge in [-0.25, -0.2) is 0 Å². The fraction of sp³-hybridized carbons (Fsp3) is 0.625. The quantitative estimate of drug-likeness (QED) is 0.608. The molecule has 1 N–H and O–H groups in total. The van der Waals surface area contributed by atoms with Crippen LogP contribution in [0.25, 0.3) is 0 Å². The zero-order chi connectivity index (χ0) is 21.6. The number of fused-ring (bicyclic) bond motifs is 1. The topological polar surface area (TPSA) is 69.0 Å². The number of carbonyl (C=O) groups is 1. The Bertz CT molecular complexity index is 898. The number of rotatable bonds is 8. The van der Waals surface area contributed by atoms with E-state index in [1.54, 1.807) is 0 Å². The van der Waals surface area contributed by atoms with Crippen LogP contribution in [0.3, 0.4) is 0 Å². The molecular formula is C24H34N4O2S. The highest BCUT2D eigenvalue weighted by molar-refractivity contribution is 7.99. The van der Waals surface area contributed by atoms with Crippen molar-refractivity contribution in [3.05, 3.63) is 35.2 Å². The largest absolute Gasteiger partial charge is 0.486 e. The van der Waals surface area contributed by atoms with Gasteiger partial charge in [-0.1, -0.05) is 37.6 Å². The molecule has 1 aromatic heterocycles. The summed E-state index contributed by atoms with van der Waals surface area (Å²) in [5, 5.41) is 12.6. The molecule has 4 rings (SSSR count). The molecule has 1 heterocycles. The maximum atomic E-state index is 12.5. The number of aromatic nitrogens is 3. The molecule has 1 aromatic carbocycles. The number of hydrogen-bond donors (Lipinski definition) is 1.